The lowest BCUT2D eigenvalue weighted by atomic mass is 10.1. The first-order valence-corrected chi connectivity index (χ1v) is 5.06. The first kappa shape index (κ1) is 9.99. The molecule has 0 unspecified atom stereocenters. The molecule has 3 heteroatoms. The lowest BCUT2D eigenvalue weighted by Crippen LogP contribution is -2.03. The van der Waals surface area contributed by atoms with Gasteiger partial charge in [0.25, 0.3) is 0 Å². The van der Waals surface area contributed by atoms with E-state index in [1.807, 2.05) is 30.3 Å². The van der Waals surface area contributed by atoms with E-state index in [0.717, 1.165) is 10.8 Å². The van der Waals surface area contributed by atoms with Crippen molar-refractivity contribution < 1.29 is 9.53 Å². The second-order valence-corrected chi connectivity index (χ2v) is 3.32. The normalized spacial score (nSPS) is 10.2. The Morgan fingerprint density at radius 2 is 1.87 bits per heavy atom. The van der Waals surface area contributed by atoms with E-state index >= 15 is 0 Å². The number of esters is 1. The summed E-state index contributed by atoms with van der Waals surface area (Å²) in [4.78, 5) is 11.4. The second kappa shape index (κ2) is 4.32. The monoisotopic (exact) mass is 220 g/mol. The van der Waals surface area contributed by atoms with Crippen molar-refractivity contribution >= 4 is 28.3 Å². The molecule has 0 aliphatic heterocycles. The van der Waals surface area contributed by atoms with Crippen molar-refractivity contribution in [2.45, 2.75) is 0 Å². The van der Waals surface area contributed by atoms with Crippen LogP contribution < -0.4 is 0 Å². The van der Waals surface area contributed by atoms with Crippen LogP contribution in [-0.2, 0) is 4.74 Å². The first-order chi connectivity index (χ1) is 7.31. The number of benzene rings is 2. The van der Waals surface area contributed by atoms with Crippen LogP contribution in [0.25, 0.3) is 10.8 Å². The minimum absolute atomic E-state index is 0.119. The maximum atomic E-state index is 11.4. The number of alkyl halides is 1. The summed E-state index contributed by atoms with van der Waals surface area (Å²) >= 11 is 5.32. The largest absolute Gasteiger partial charge is 0.446 e. The molecule has 2 aromatic rings. The molecule has 0 spiro atoms. The van der Waals surface area contributed by atoms with Gasteiger partial charge in [-0.3, -0.25) is 0 Å². The Balaban J connectivity index is 2.42. The fourth-order valence-electron chi connectivity index (χ4n) is 1.45. The van der Waals surface area contributed by atoms with E-state index in [0.29, 0.717) is 5.56 Å². The third kappa shape index (κ3) is 2.10. The van der Waals surface area contributed by atoms with E-state index in [9.17, 15) is 4.79 Å². The molecule has 0 amide bonds. The summed E-state index contributed by atoms with van der Waals surface area (Å²) in [5.41, 5.74) is 0.523. The van der Waals surface area contributed by atoms with E-state index in [1.54, 1.807) is 12.1 Å². The van der Waals surface area contributed by atoms with Gasteiger partial charge in [0.05, 0.1) is 5.56 Å². The maximum Gasteiger partial charge on any atom is 0.339 e. The first-order valence-electron chi connectivity index (χ1n) is 4.53. The Labute approximate surface area is 92.4 Å². The lowest BCUT2D eigenvalue weighted by molar-refractivity contribution is 0.0574. The highest BCUT2D eigenvalue weighted by atomic mass is 35.5. The fourth-order valence-corrected chi connectivity index (χ4v) is 1.55. The van der Waals surface area contributed by atoms with Gasteiger partial charge in [0.1, 0.15) is 0 Å². The van der Waals surface area contributed by atoms with E-state index in [4.69, 9.17) is 16.3 Å². The minimum atomic E-state index is -0.393. The van der Waals surface area contributed by atoms with Crippen molar-refractivity contribution in [2.75, 3.05) is 6.07 Å². The standard InChI is InChI=1S/C12H9ClO2/c13-8-15-12(14)11-6-5-9-3-1-2-4-10(9)7-11/h1-7H,8H2. The summed E-state index contributed by atoms with van der Waals surface area (Å²) < 4.78 is 4.70. The number of hydrogen-bond donors (Lipinski definition) is 0. The number of carbonyl (C=O) groups excluding carboxylic acids is 1. The molecular formula is C12H9ClO2. The van der Waals surface area contributed by atoms with Crippen LogP contribution in [-0.4, -0.2) is 12.0 Å². The summed E-state index contributed by atoms with van der Waals surface area (Å²) in [6.45, 7) is 0. The van der Waals surface area contributed by atoms with Crippen LogP contribution in [0.3, 0.4) is 0 Å². The van der Waals surface area contributed by atoms with Crippen LogP contribution in [0.5, 0.6) is 0 Å². The van der Waals surface area contributed by atoms with Gasteiger partial charge in [-0.05, 0) is 22.9 Å². The molecule has 0 saturated carbocycles. The molecule has 15 heavy (non-hydrogen) atoms. The van der Waals surface area contributed by atoms with Crippen molar-refractivity contribution in [3.63, 3.8) is 0 Å². The Bertz CT molecular complexity index is 494. The molecule has 0 aromatic heterocycles. The molecule has 0 fully saturated rings. The molecule has 0 N–H and O–H groups in total. The summed E-state index contributed by atoms with van der Waals surface area (Å²) in [6, 6.07) is 13.1. The predicted molar refractivity (Wildman–Crippen MR) is 60.1 cm³/mol. The molecule has 2 rings (SSSR count). The third-order valence-electron chi connectivity index (χ3n) is 2.17. The van der Waals surface area contributed by atoms with Crippen LogP contribution in [0, 0.1) is 0 Å². The van der Waals surface area contributed by atoms with Crippen molar-refractivity contribution in [3.05, 3.63) is 48.0 Å². The summed E-state index contributed by atoms with van der Waals surface area (Å²) in [5, 5.41) is 2.11. The highest BCUT2D eigenvalue weighted by Crippen LogP contribution is 2.16. The van der Waals surface area contributed by atoms with E-state index in [1.165, 1.54) is 0 Å². The fraction of sp³-hybridized carbons (Fsp3) is 0.0833. The number of carbonyl (C=O) groups is 1. The topological polar surface area (TPSA) is 26.3 Å². The zero-order valence-corrected chi connectivity index (χ0v) is 8.70. The molecule has 0 heterocycles. The summed E-state index contributed by atoms with van der Waals surface area (Å²) in [7, 11) is 0. The predicted octanol–water partition coefficient (Wildman–Crippen LogP) is 3.19. The maximum absolute atomic E-state index is 11.4. The van der Waals surface area contributed by atoms with Crippen LogP contribution in [0.1, 0.15) is 10.4 Å². The molecule has 2 aromatic carbocycles. The number of rotatable bonds is 2. The quantitative estimate of drug-likeness (QED) is 0.574. The van der Waals surface area contributed by atoms with Crippen LogP contribution in [0.2, 0.25) is 0 Å². The average Bonchev–Trinajstić information content (AvgIpc) is 2.29. The number of hydrogen-bond acceptors (Lipinski definition) is 2. The molecular weight excluding hydrogens is 212 g/mol. The number of fused-ring (bicyclic) bond motifs is 1. The zero-order chi connectivity index (χ0) is 10.7. The summed E-state index contributed by atoms with van der Waals surface area (Å²) in [5.74, 6) is -0.393. The molecule has 0 saturated heterocycles. The van der Waals surface area contributed by atoms with Crippen molar-refractivity contribution in [1.82, 2.24) is 0 Å². The lowest BCUT2D eigenvalue weighted by Gasteiger charge is -2.02. The van der Waals surface area contributed by atoms with Gasteiger partial charge in [0, 0.05) is 0 Å². The van der Waals surface area contributed by atoms with Gasteiger partial charge in [-0.25, -0.2) is 4.79 Å². The van der Waals surface area contributed by atoms with Gasteiger partial charge in [-0.2, -0.15) is 0 Å². The van der Waals surface area contributed by atoms with Crippen molar-refractivity contribution in [1.29, 1.82) is 0 Å². The third-order valence-corrected chi connectivity index (χ3v) is 2.28. The van der Waals surface area contributed by atoms with Crippen LogP contribution >= 0.6 is 11.6 Å². The molecule has 2 nitrogen and oxygen atoms in total. The number of halogens is 1. The molecule has 0 atom stereocenters. The molecule has 76 valence electrons. The highest BCUT2D eigenvalue weighted by Gasteiger charge is 2.06. The van der Waals surface area contributed by atoms with E-state index in [-0.39, 0.29) is 6.07 Å². The van der Waals surface area contributed by atoms with E-state index in [2.05, 4.69) is 0 Å². The van der Waals surface area contributed by atoms with Gasteiger partial charge in [0.2, 0.25) is 0 Å². The van der Waals surface area contributed by atoms with Gasteiger partial charge >= 0.3 is 5.97 Å². The van der Waals surface area contributed by atoms with Gasteiger partial charge < -0.3 is 4.74 Å². The minimum Gasteiger partial charge on any atom is -0.446 e. The Morgan fingerprint density at radius 1 is 1.13 bits per heavy atom. The van der Waals surface area contributed by atoms with Crippen LogP contribution in [0.4, 0.5) is 0 Å². The van der Waals surface area contributed by atoms with Crippen molar-refractivity contribution in [3.8, 4) is 0 Å². The summed E-state index contributed by atoms with van der Waals surface area (Å²) in [6.07, 6.45) is 0. The molecule has 0 bridgehead atoms. The van der Waals surface area contributed by atoms with Crippen LogP contribution in [0.15, 0.2) is 42.5 Å². The smallest absolute Gasteiger partial charge is 0.339 e. The van der Waals surface area contributed by atoms with Gasteiger partial charge in [-0.15, -0.1) is 0 Å². The SMILES string of the molecule is O=C(OCCl)c1ccc2ccccc2c1. The van der Waals surface area contributed by atoms with E-state index < -0.39 is 5.97 Å². The molecule has 0 aliphatic rings. The highest BCUT2D eigenvalue weighted by molar-refractivity contribution is 6.17. The Morgan fingerprint density at radius 3 is 2.60 bits per heavy atom. The average molecular weight is 221 g/mol. The number of ether oxygens (including phenoxy) is 1. The Hall–Kier alpha value is -1.54. The van der Waals surface area contributed by atoms with Gasteiger partial charge in [0.15, 0.2) is 6.07 Å². The second-order valence-electron chi connectivity index (χ2n) is 3.10. The molecule has 0 radical (unpaired) electrons. The van der Waals surface area contributed by atoms with Crippen molar-refractivity contribution in [2.24, 2.45) is 0 Å². The Kier molecular flexibility index (Phi) is 2.88. The van der Waals surface area contributed by atoms with Gasteiger partial charge in [-0.1, -0.05) is 41.9 Å². The molecule has 0 aliphatic carbocycles. The zero-order valence-electron chi connectivity index (χ0n) is 7.94.